The van der Waals surface area contributed by atoms with E-state index in [2.05, 4.69) is 42.5 Å². The Labute approximate surface area is 335 Å². The number of nitrogens with one attached hydrogen (secondary N) is 3. The van der Waals surface area contributed by atoms with Crippen molar-refractivity contribution in [3.8, 4) is 22.9 Å². The summed E-state index contributed by atoms with van der Waals surface area (Å²) in [5.74, 6) is 1.04. The molecule has 8 rings (SSSR count). The summed E-state index contributed by atoms with van der Waals surface area (Å²) >= 11 is 6.53. The Bertz CT molecular complexity index is 2330. The molecule has 3 aromatic heterocycles. The quantitative estimate of drug-likeness (QED) is 0.143. The number of carbonyl (C=O) groups excluding carboxylic acids is 4. The predicted octanol–water partition coefficient (Wildman–Crippen LogP) is 6.05. The highest BCUT2D eigenvalue weighted by atomic mass is 35.5. The molecule has 0 spiro atoms. The SMILES string of the molecule is Cc1nn(C)cc1-c1nc2ncc(Cl)c(Oc3ccc(C(=O)N4CCC(CCC(=O)NC5(C)CCN(c6ccc([C@@H]7CCC(=O)NC7=O)cc6)CC5)C4)cc3)c2[nH]1. The monoisotopic (exact) mass is 791 g/mol. The van der Waals surface area contributed by atoms with Gasteiger partial charge in [0, 0.05) is 69.1 Å². The first-order valence-corrected chi connectivity index (χ1v) is 19.9. The molecule has 14 nitrogen and oxygen atoms in total. The summed E-state index contributed by atoms with van der Waals surface area (Å²) in [6.07, 6.45) is 7.92. The van der Waals surface area contributed by atoms with E-state index in [-0.39, 0.29) is 41.0 Å². The number of aryl methyl sites for hydroxylation is 2. The molecule has 5 aromatic rings. The van der Waals surface area contributed by atoms with Crippen molar-refractivity contribution in [1.29, 1.82) is 0 Å². The minimum absolute atomic E-state index is 0.0463. The number of fused-ring (bicyclic) bond motifs is 1. The van der Waals surface area contributed by atoms with Crippen LogP contribution in [0.1, 0.15) is 79.4 Å². The number of nitrogens with zero attached hydrogens (tertiary/aromatic N) is 6. The Morgan fingerprint density at radius 1 is 1.04 bits per heavy atom. The van der Waals surface area contributed by atoms with Gasteiger partial charge < -0.3 is 24.8 Å². The standard InChI is InChI=1S/C42H46ClN9O5/c1-25-32(24-50(3)49-25)38-46-36-37(33(43)22-44-39(36)47-38)57-30-11-7-28(8-12-30)41(56)52-19-16-26(23-52)4-14-35(54)48-42(2)17-20-51(21-18-42)29-9-5-27(6-10-29)31-13-15-34(53)45-40(31)55/h5-12,22,24,26,31H,4,13-21,23H2,1-3H3,(H,48,54)(H,44,46,47)(H,45,53,55)/t26?,31-/m0/s1. The van der Waals surface area contributed by atoms with Crippen LogP contribution < -0.4 is 20.3 Å². The zero-order chi connectivity index (χ0) is 39.8. The van der Waals surface area contributed by atoms with Gasteiger partial charge in [-0.05, 0) is 93.8 Å². The molecule has 0 saturated carbocycles. The smallest absolute Gasteiger partial charge is 0.253 e. The summed E-state index contributed by atoms with van der Waals surface area (Å²) in [6.45, 7) is 6.90. The molecule has 3 saturated heterocycles. The normalized spacial score (nSPS) is 19.5. The molecular weight excluding hydrogens is 746 g/mol. The van der Waals surface area contributed by atoms with Crippen LogP contribution in [-0.4, -0.2) is 85.0 Å². The topological polar surface area (TPSA) is 167 Å². The van der Waals surface area contributed by atoms with Gasteiger partial charge in [0.05, 0.1) is 23.4 Å². The van der Waals surface area contributed by atoms with Crippen molar-refractivity contribution in [2.45, 2.75) is 70.3 Å². The van der Waals surface area contributed by atoms with Crippen LogP contribution in [0.5, 0.6) is 11.5 Å². The van der Waals surface area contributed by atoms with Gasteiger partial charge in [-0.2, -0.15) is 5.10 Å². The number of rotatable bonds is 10. The first-order chi connectivity index (χ1) is 27.4. The highest BCUT2D eigenvalue weighted by Crippen LogP contribution is 2.37. The van der Waals surface area contributed by atoms with Crippen LogP contribution in [-0.2, 0) is 21.4 Å². The second-order valence-corrected chi connectivity index (χ2v) is 16.2. The molecule has 0 aliphatic carbocycles. The zero-order valence-corrected chi connectivity index (χ0v) is 33.1. The van der Waals surface area contributed by atoms with Gasteiger partial charge in [-0.15, -0.1) is 0 Å². The number of imide groups is 1. The molecule has 3 aliphatic rings. The summed E-state index contributed by atoms with van der Waals surface area (Å²) < 4.78 is 7.93. The molecule has 3 N–H and O–H groups in total. The average Bonchev–Trinajstić information content (AvgIpc) is 3.94. The van der Waals surface area contributed by atoms with Gasteiger partial charge in [0.2, 0.25) is 17.7 Å². The number of piperidine rings is 2. The molecule has 57 heavy (non-hydrogen) atoms. The third-order valence-electron chi connectivity index (χ3n) is 11.6. The van der Waals surface area contributed by atoms with E-state index in [4.69, 9.17) is 16.3 Å². The maximum atomic E-state index is 13.5. The number of benzene rings is 2. The molecule has 3 fully saturated rings. The van der Waals surface area contributed by atoms with E-state index in [9.17, 15) is 19.2 Å². The number of amides is 4. The third kappa shape index (κ3) is 8.22. The van der Waals surface area contributed by atoms with Gasteiger partial charge in [0.1, 0.15) is 22.1 Å². The van der Waals surface area contributed by atoms with Gasteiger partial charge in [-0.3, -0.25) is 29.2 Å². The molecular formula is C42H46ClN9O5. The number of anilines is 1. The van der Waals surface area contributed by atoms with Crippen molar-refractivity contribution >= 4 is 52.1 Å². The second kappa shape index (κ2) is 15.6. The molecule has 2 atom stereocenters. The maximum absolute atomic E-state index is 13.5. The summed E-state index contributed by atoms with van der Waals surface area (Å²) in [7, 11) is 1.85. The minimum atomic E-state index is -0.295. The van der Waals surface area contributed by atoms with Crippen LogP contribution in [0.15, 0.2) is 60.9 Å². The maximum Gasteiger partial charge on any atom is 0.253 e. The van der Waals surface area contributed by atoms with Gasteiger partial charge in [-0.1, -0.05) is 23.7 Å². The van der Waals surface area contributed by atoms with E-state index in [0.29, 0.717) is 71.4 Å². The molecule has 3 aliphatic heterocycles. The summed E-state index contributed by atoms with van der Waals surface area (Å²) in [5.41, 5.74) is 4.98. The van der Waals surface area contributed by atoms with Crippen molar-refractivity contribution < 1.29 is 23.9 Å². The Morgan fingerprint density at radius 2 is 1.79 bits per heavy atom. The number of pyridine rings is 1. The van der Waals surface area contributed by atoms with Crippen molar-refractivity contribution in [2.75, 3.05) is 31.1 Å². The number of hydrogen-bond donors (Lipinski definition) is 3. The molecule has 1 unspecified atom stereocenters. The fraction of sp³-hybridized carbons (Fsp3) is 0.405. The van der Waals surface area contributed by atoms with E-state index < -0.39 is 0 Å². The lowest BCUT2D eigenvalue weighted by molar-refractivity contribution is -0.134. The minimum Gasteiger partial charge on any atom is -0.453 e. The Hall–Kier alpha value is -5.76. The average molecular weight is 792 g/mol. The molecule has 0 radical (unpaired) electrons. The zero-order valence-electron chi connectivity index (χ0n) is 32.3. The van der Waals surface area contributed by atoms with Crippen LogP contribution in [0.2, 0.25) is 5.02 Å². The number of carbonyl (C=O) groups is 4. The van der Waals surface area contributed by atoms with Gasteiger partial charge >= 0.3 is 0 Å². The third-order valence-corrected chi connectivity index (χ3v) is 11.8. The Kier molecular flexibility index (Phi) is 10.5. The van der Waals surface area contributed by atoms with Gasteiger partial charge in [0.15, 0.2) is 11.4 Å². The number of halogens is 1. The van der Waals surface area contributed by atoms with E-state index in [1.165, 1.54) is 6.20 Å². The van der Waals surface area contributed by atoms with Crippen LogP contribution in [0.4, 0.5) is 5.69 Å². The van der Waals surface area contributed by atoms with E-state index >= 15 is 0 Å². The number of aromatic amines is 1. The van der Waals surface area contributed by atoms with E-state index in [1.807, 2.05) is 49.3 Å². The number of hydrogen-bond acceptors (Lipinski definition) is 9. The highest BCUT2D eigenvalue weighted by molar-refractivity contribution is 6.32. The van der Waals surface area contributed by atoms with Gasteiger partial charge in [-0.25, -0.2) is 9.97 Å². The van der Waals surface area contributed by atoms with E-state index in [1.54, 1.807) is 28.9 Å². The molecule has 6 heterocycles. The van der Waals surface area contributed by atoms with Crippen LogP contribution in [0, 0.1) is 12.8 Å². The largest absolute Gasteiger partial charge is 0.453 e. The van der Waals surface area contributed by atoms with Crippen molar-refractivity contribution in [3.05, 3.63) is 82.8 Å². The summed E-state index contributed by atoms with van der Waals surface area (Å²) in [6, 6.07) is 15.1. The highest BCUT2D eigenvalue weighted by Gasteiger charge is 2.33. The number of aromatic nitrogens is 5. The fourth-order valence-electron chi connectivity index (χ4n) is 8.24. The first kappa shape index (κ1) is 38.1. The van der Waals surface area contributed by atoms with Crippen LogP contribution in [0.25, 0.3) is 22.6 Å². The van der Waals surface area contributed by atoms with Crippen LogP contribution >= 0.6 is 11.6 Å². The van der Waals surface area contributed by atoms with Crippen molar-refractivity contribution in [3.63, 3.8) is 0 Å². The number of imidazole rings is 1. The van der Waals surface area contributed by atoms with Crippen molar-refractivity contribution in [2.24, 2.45) is 13.0 Å². The molecule has 4 amide bonds. The lowest BCUT2D eigenvalue weighted by Gasteiger charge is -2.41. The number of ether oxygens (including phenoxy) is 1. The Morgan fingerprint density at radius 3 is 2.49 bits per heavy atom. The lowest BCUT2D eigenvalue weighted by Crippen LogP contribution is -2.53. The van der Waals surface area contributed by atoms with E-state index in [0.717, 1.165) is 61.3 Å². The summed E-state index contributed by atoms with van der Waals surface area (Å²) in [4.78, 5) is 66.9. The Balaban J connectivity index is 0.794. The number of H-pyrrole nitrogens is 1. The fourth-order valence-corrected chi connectivity index (χ4v) is 8.42. The van der Waals surface area contributed by atoms with Crippen molar-refractivity contribution in [1.82, 2.24) is 40.3 Å². The first-order valence-electron chi connectivity index (χ1n) is 19.5. The predicted molar refractivity (Wildman–Crippen MR) is 215 cm³/mol. The molecule has 296 valence electrons. The molecule has 0 bridgehead atoms. The molecule has 2 aromatic carbocycles. The van der Waals surface area contributed by atoms with Crippen LogP contribution in [0.3, 0.4) is 0 Å². The lowest BCUT2D eigenvalue weighted by atomic mass is 9.88. The molecule has 15 heteroatoms. The summed E-state index contributed by atoms with van der Waals surface area (Å²) in [5, 5.41) is 10.5. The van der Waals surface area contributed by atoms with Gasteiger partial charge in [0.25, 0.3) is 5.91 Å². The second-order valence-electron chi connectivity index (χ2n) is 15.8. The number of likely N-dealkylation sites (tertiary alicyclic amines) is 1.